The molecular weight excluding hydrogens is 340 g/mol. The standard InChI is InChI=1S/C18H24N2O4S/c1-2-10-20(16-9-11-25(23,24)12-16)18(22)14-5-7-15(8-6-14)19-17(21)13-3-4-13/h5-8,13,16H,2-4,9-12H2,1H3,(H,19,21). The monoisotopic (exact) mass is 364 g/mol. The van der Waals surface area contributed by atoms with Gasteiger partial charge >= 0.3 is 0 Å². The minimum atomic E-state index is -3.04. The van der Waals surface area contributed by atoms with Crippen LogP contribution in [0.1, 0.15) is 43.0 Å². The molecule has 1 saturated carbocycles. The zero-order valence-electron chi connectivity index (χ0n) is 14.4. The van der Waals surface area contributed by atoms with Crippen LogP contribution in [-0.2, 0) is 14.6 Å². The highest BCUT2D eigenvalue weighted by atomic mass is 32.2. The predicted molar refractivity (Wildman–Crippen MR) is 96.2 cm³/mol. The first-order chi connectivity index (χ1) is 11.9. The van der Waals surface area contributed by atoms with Crippen LogP contribution in [0.15, 0.2) is 24.3 Å². The van der Waals surface area contributed by atoms with Crippen molar-refractivity contribution >= 4 is 27.3 Å². The molecule has 2 aliphatic rings. The molecule has 2 fully saturated rings. The molecule has 0 bridgehead atoms. The van der Waals surface area contributed by atoms with Crippen LogP contribution in [0.5, 0.6) is 0 Å². The van der Waals surface area contributed by atoms with Gasteiger partial charge in [0.05, 0.1) is 11.5 Å². The summed E-state index contributed by atoms with van der Waals surface area (Å²) < 4.78 is 23.5. The molecule has 136 valence electrons. The van der Waals surface area contributed by atoms with E-state index in [1.54, 1.807) is 29.2 Å². The molecule has 1 aliphatic carbocycles. The van der Waals surface area contributed by atoms with Crippen molar-refractivity contribution in [2.45, 2.75) is 38.6 Å². The lowest BCUT2D eigenvalue weighted by atomic mass is 10.1. The smallest absolute Gasteiger partial charge is 0.254 e. The van der Waals surface area contributed by atoms with Crippen LogP contribution in [0.4, 0.5) is 5.69 Å². The van der Waals surface area contributed by atoms with Gasteiger partial charge in [-0.05, 0) is 49.9 Å². The molecule has 1 aliphatic heterocycles. The maximum Gasteiger partial charge on any atom is 0.254 e. The minimum absolute atomic E-state index is 0.0304. The van der Waals surface area contributed by atoms with Gasteiger partial charge in [0.1, 0.15) is 0 Å². The Hall–Kier alpha value is -1.89. The molecule has 1 N–H and O–H groups in total. The highest BCUT2D eigenvalue weighted by Crippen LogP contribution is 2.30. The van der Waals surface area contributed by atoms with E-state index in [2.05, 4.69) is 5.32 Å². The third-order valence-electron chi connectivity index (χ3n) is 4.72. The summed E-state index contributed by atoms with van der Waals surface area (Å²) >= 11 is 0. The van der Waals surface area contributed by atoms with Gasteiger partial charge in [0.15, 0.2) is 9.84 Å². The van der Waals surface area contributed by atoms with Crippen LogP contribution in [0.3, 0.4) is 0 Å². The number of anilines is 1. The Bertz CT molecular complexity index is 754. The molecule has 3 rings (SSSR count). The molecule has 1 atom stereocenters. The van der Waals surface area contributed by atoms with Gasteiger partial charge in [-0.15, -0.1) is 0 Å². The van der Waals surface area contributed by atoms with Crippen molar-refractivity contribution in [1.29, 1.82) is 0 Å². The number of hydrogen-bond acceptors (Lipinski definition) is 4. The fourth-order valence-corrected chi connectivity index (χ4v) is 4.89. The van der Waals surface area contributed by atoms with Crippen LogP contribution in [0.2, 0.25) is 0 Å². The zero-order valence-corrected chi connectivity index (χ0v) is 15.2. The SMILES string of the molecule is CCCN(C(=O)c1ccc(NC(=O)C2CC2)cc1)C1CCS(=O)(=O)C1. The maximum absolute atomic E-state index is 12.8. The number of nitrogens with zero attached hydrogens (tertiary/aromatic N) is 1. The van der Waals surface area contributed by atoms with Crippen molar-refractivity contribution in [2.24, 2.45) is 5.92 Å². The van der Waals surface area contributed by atoms with Crippen molar-refractivity contribution in [3.8, 4) is 0 Å². The van der Waals surface area contributed by atoms with Gasteiger partial charge in [-0.1, -0.05) is 6.92 Å². The second kappa shape index (κ2) is 7.15. The summed E-state index contributed by atoms with van der Waals surface area (Å²) in [6.07, 6.45) is 3.17. The normalized spacial score (nSPS) is 21.7. The zero-order chi connectivity index (χ0) is 18.0. The van der Waals surface area contributed by atoms with Crippen LogP contribution >= 0.6 is 0 Å². The predicted octanol–water partition coefficient (Wildman–Crippen LogP) is 2.07. The largest absolute Gasteiger partial charge is 0.335 e. The molecule has 1 aromatic carbocycles. The highest BCUT2D eigenvalue weighted by Gasteiger charge is 2.34. The average Bonchev–Trinajstić information content (AvgIpc) is 3.37. The molecular formula is C18H24N2O4S. The Morgan fingerprint density at radius 3 is 2.36 bits per heavy atom. The van der Waals surface area contributed by atoms with Crippen molar-refractivity contribution in [3.63, 3.8) is 0 Å². The fraction of sp³-hybridized carbons (Fsp3) is 0.556. The summed E-state index contributed by atoms with van der Waals surface area (Å²) in [7, 11) is -3.04. The first-order valence-corrected chi connectivity index (χ1v) is 10.6. The molecule has 0 spiro atoms. The number of benzene rings is 1. The first kappa shape index (κ1) is 17.9. The summed E-state index contributed by atoms with van der Waals surface area (Å²) in [4.78, 5) is 26.3. The molecule has 1 saturated heterocycles. The molecule has 6 nitrogen and oxygen atoms in total. The van der Waals surface area contributed by atoms with E-state index in [0.717, 1.165) is 19.3 Å². The van der Waals surface area contributed by atoms with E-state index in [0.29, 0.717) is 24.2 Å². The summed E-state index contributed by atoms with van der Waals surface area (Å²) in [5.74, 6) is 0.212. The molecule has 2 amide bonds. The lowest BCUT2D eigenvalue weighted by Gasteiger charge is -2.28. The Morgan fingerprint density at radius 2 is 1.84 bits per heavy atom. The molecule has 0 aromatic heterocycles. The van der Waals surface area contributed by atoms with Gasteiger partial charge in [0, 0.05) is 29.8 Å². The fourth-order valence-electron chi connectivity index (χ4n) is 3.16. The maximum atomic E-state index is 12.8. The van der Waals surface area contributed by atoms with E-state index < -0.39 is 9.84 Å². The number of nitrogens with one attached hydrogen (secondary N) is 1. The summed E-state index contributed by atoms with van der Waals surface area (Å²) in [5.41, 5.74) is 1.20. The third kappa shape index (κ3) is 4.39. The third-order valence-corrected chi connectivity index (χ3v) is 6.47. The van der Waals surface area contributed by atoms with Gasteiger partial charge in [-0.25, -0.2) is 8.42 Å². The average molecular weight is 364 g/mol. The molecule has 7 heteroatoms. The highest BCUT2D eigenvalue weighted by molar-refractivity contribution is 7.91. The van der Waals surface area contributed by atoms with Gasteiger partial charge in [0.2, 0.25) is 5.91 Å². The number of amides is 2. The number of carbonyl (C=O) groups is 2. The minimum Gasteiger partial charge on any atom is -0.335 e. The van der Waals surface area contributed by atoms with Crippen LogP contribution in [-0.4, -0.2) is 49.2 Å². The molecule has 0 radical (unpaired) electrons. The van der Waals surface area contributed by atoms with Crippen molar-refractivity contribution in [2.75, 3.05) is 23.4 Å². The number of carbonyl (C=O) groups excluding carboxylic acids is 2. The van der Waals surface area contributed by atoms with Crippen molar-refractivity contribution < 1.29 is 18.0 Å². The summed E-state index contributed by atoms with van der Waals surface area (Å²) in [5, 5.41) is 2.85. The van der Waals surface area contributed by atoms with E-state index in [1.807, 2.05) is 6.92 Å². The van der Waals surface area contributed by atoms with E-state index in [-0.39, 0.29) is 35.3 Å². The van der Waals surface area contributed by atoms with E-state index >= 15 is 0 Å². The van der Waals surface area contributed by atoms with Crippen molar-refractivity contribution in [3.05, 3.63) is 29.8 Å². The van der Waals surface area contributed by atoms with Crippen LogP contribution < -0.4 is 5.32 Å². The first-order valence-electron chi connectivity index (χ1n) is 8.82. The Labute approximate surface area is 148 Å². The lowest BCUT2D eigenvalue weighted by Crippen LogP contribution is -2.41. The second-order valence-electron chi connectivity index (χ2n) is 6.90. The van der Waals surface area contributed by atoms with E-state index in [4.69, 9.17) is 0 Å². The topological polar surface area (TPSA) is 83.6 Å². The molecule has 25 heavy (non-hydrogen) atoms. The summed E-state index contributed by atoms with van der Waals surface area (Å²) in [6.45, 7) is 2.51. The van der Waals surface area contributed by atoms with E-state index in [1.165, 1.54) is 0 Å². The lowest BCUT2D eigenvalue weighted by molar-refractivity contribution is -0.117. The van der Waals surface area contributed by atoms with Gasteiger partial charge < -0.3 is 10.2 Å². The quantitative estimate of drug-likeness (QED) is 0.838. The second-order valence-corrected chi connectivity index (χ2v) is 9.13. The van der Waals surface area contributed by atoms with Crippen molar-refractivity contribution in [1.82, 2.24) is 4.90 Å². The molecule has 1 heterocycles. The molecule has 1 unspecified atom stereocenters. The van der Waals surface area contributed by atoms with Gasteiger partial charge in [0.25, 0.3) is 5.91 Å². The number of sulfone groups is 1. The Balaban J connectivity index is 1.69. The number of rotatable bonds is 6. The summed E-state index contributed by atoms with van der Waals surface area (Å²) in [6, 6.07) is 6.59. The van der Waals surface area contributed by atoms with E-state index in [9.17, 15) is 18.0 Å². The van der Waals surface area contributed by atoms with Gasteiger partial charge in [-0.3, -0.25) is 9.59 Å². The Kier molecular flexibility index (Phi) is 5.13. The Morgan fingerprint density at radius 1 is 1.16 bits per heavy atom. The van der Waals surface area contributed by atoms with Crippen LogP contribution in [0.25, 0.3) is 0 Å². The number of hydrogen-bond donors (Lipinski definition) is 1. The van der Waals surface area contributed by atoms with Gasteiger partial charge in [-0.2, -0.15) is 0 Å². The van der Waals surface area contributed by atoms with Crippen LogP contribution in [0, 0.1) is 5.92 Å². The molecule has 1 aromatic rings.